The van der Waals surface area contributed by atoms with Crippen molar-refractivity contribution in [2.75, 3.05) is 24.6 Å². The fourth-order valence-electron chi connectivity index (χ4n) is 1.73. The van der Waals surface area contributed by atoms with Crippen LogP contribution >= 0.6 is 0 Å². The smallest absolute Gasteiger partial charge is 0.106 e. The summed E-state index contributed by atoms with van der Waals surface area (Å²) in [4.78, 5) is 2.34. The van der Waals surface area contributed by atoms with Crippen LogP contribution in [0.25, 0.3) is 0 Å². The topological polar surface area (TPSA) is 15.8 Å². The normalized spacial score (nSPS) is 19.4. The van der Waals surface area contributed by atoms with Crippen molar-refractivity contribution in [2.24, 2.45) is 0 Å². The summed E-state index contributed by atoms with van der Waals surface area (Å²) in [6.07, 6.45) is 0.376. The van der Waals surface area contributed by atoms with E-state index in [2.05, 4.69) is 43.0 Å². The average Bonchev–Trinajstić information content (AvgIpc) is 3.04. The lowest BCUT2D eigenvalue weighted by molar-refractivity contribution is 0.415. The predicted molar refractivity (Wildman–Crippen MR) is 58.7 cm³/mol. The van der Waals surface area contributed by atoms with E-state index in [1.807, 2.05) is 0 Å². The maximum Gasteiger partial charge on any atom is 0.106 e. The quantitative estimate of drug-likeness (QED) is 0.680. The van der Waals surface area contributed by atoms with Crippen LogP contribution in [-0.2, 0) is 4.74 Å². The first kappa shape index (κ1) is 9.53. The number of benzene rings is 1. The molecule has 1 fully saturated rings. The van der Waals surface area contributed by atoms with Gasteiger partial charge in [0.15, 0.2) is 0 Å². The zero-order valence-corrected chi connectivity index (χ0v) is 8.86. The Bertz CT molecular complexity index is 286. The molecule has 1 aliphatic heterocycles. The van der Waals surface area contributed by atoms with E-state index < -0.39 is 0 Å². The third-order valence-electron chi connectivity index (χ3n) is 2.73. The van der Waals surface area contributed by atoms with E-state index in [-0.39, 0.29) is 0 Å². The minimum absolute atomic E-state index is 0.376. The molecule has 2 heteroatoms. The van der Waals surface area contributed by atoms with E-state index >= 15 is 0 Å². The van der Waals surface area contributed by atoms with Gasteiger partial charge < -0.3 is 9.64 Å². The SMILES string of the molecule is CCN(CC)c1ccc([C@@H]2CO2)cc1. The molecule has 0 N–H and O–H groups in total. The van der Waals surface area contributed by atoms with Crippen molar-refractivity contribution in [3.8, 4) is 0 Å². The maximum atomic E-state index is 5.23. The van der Waals surface area contributed by atoms with E-state index in [0.717, 1.165) is 19.7 Å². The minimum atomic E-state index is 0.376. The van der Waals surface area contributed by atoms with E-state index in [9.17, 15) is 0 Å². The van der Waals surface area contributed by atoms with Crippen LogP contribution in [0, 0.1) is 0 Å². The Balaban J connectivity index is 2.11. The van der Waals surface area contributed by atoms with E-state index in [1.165, 1.54) is 11.3 Å². The molecule has 1 heterocycles. The van der Waals surface area contributed by atoms with Crippen LogP contribution in [0.3, 0.4) is 0 Å². The van der Waals surface area contributed by atoms with Gasteiger partial charge in [0, 0.05) is 18.8 Å². The van der Waals surface area contributed by atoms with Gasteiger partial charge in [-0.2, -0.15) is 0 Å². The second-order valence-corrected chi connectivity index (χ2v) is 3.59. The summed E-state index contributed by atoms with van der Waals surface area (Å²) in [5.74, 6) is 0. The van der Waals surface area contributed by atoms with Crippen molar-refractivity contribution >= 4 is 5.69 Å². The van der Waals surface area contributed by atoms with Gasteiger partial charge in [-0.05, 0) is 31.5 Å². The summed E-state index contributed by atoms with van der Waals surface area (Å²) in [6.45, 7) is 7.39. The molecule has 2 rings (SSSR count). The second kappa shape index (κ2) is 4.01. The predicted octanol–water partition coefficient (Wildman–Crippen LogP) is 2.60. The summed E-state index contributed by atoms with van der Waals surface area (Å²) >= 11 is 0. The highest BCUT2D eigenvalue weighted by molar-refractivity contribution is 5.47. The lowest BCUT2D eigenvalue weighted by Gasteiger charge is -2.20. The molecule has 1 saturated heterocycles. The number of epoxide rings is 1. The van der Waals surface area contributed by atoms with Crippen molar-refractivity contribution in [1.82, 2.24) is 0 Å². The number of rotatable bonds is 4. The molecule has 2 nitrogen and oxygen atoms in total. The van der Waals surface area contributed by atoms with Gasteiger partial charge in [-0.25, -0.2) is 0 Å². The molecule has 0 aromatic heterocycles. The summed E-state index contributed by atoms with van der Waals surface area (Å²) in [6, 6.07) is 8.71. The van der Waals surface area contributed by atoms with Crippen molar-refractivity contribution in [1.29, 1.82) is 0 Å². The van der Waals surface area contributed by atoms with Crippen LogP contribution in [-0.4, -0.2) is 19.7 Å². The minimum Gasteiger partial charge on any atom is -0.372 e. The standard InChI is InChI=1S/C12H17NO/c1-3-13(4-2)11-7-5-10(6-8-11)12-9-14-12/h5-8,12H,3-4,9H2,1-2H3/t12-/m0/s1. The lowest BCUT2D eigenvalue weighted by atomic mass is 10.1. The van der Waals surface area contributed by atoms with Crippen LogP contribution in [0.15, 0.2) is 24.3 Å². The van der Waals surface area contributed by atoms with Crippen LogP contribution < -0.4 is 4.90 Å². The molecule has 0 aliphatic carbocycles. The number of nitrogens with zero attached hydrogens (tertiary/aromatic N) is 1. The third kappa shape index (κ3) is 1.90. The molecule has 0 unspecified atom stereocenters. The summed E-state index contributed by atoms with van der Waals surface area (Å²) in [5, 5.41) is 0. The lowest BCUT2D eigenvalue weighted by Crippen LogP contribution is -2.21. The van der Waals surface area contributed by atoms with Crippen LogP contribution in [0.5, 0.6) is 0 Å². The van der Waals surface area contributed by atoms with Crippen LogP contribution in [0.4, 0.5) is 5.69 Å². The zero-order valence-electron chi connectivity index (χ0n) is 8.86. The molecule has 0 radical (unpaired) electrons. The van der Waals surface area contributed by atoms with Gasteiger partial charge in [-0.3, -0.25) is 0 Å². The van der Waals surface area contributed by atoms with E-state index in [0.29, 0.717) is 6.10 Å². The van der Waals surface area contributed by atoms with Crippen molar-refractivity contribution in [2.45, 2.75) is 20.0 Å². The number of ether oxygens (including phenoxy) is 1. The van der Waals surface area contributed by atoms with Crippen LogP contribution in [0.1, 0.15) is 25.5 Å². The molecule has 14 heavy (non-hydrogen) atoms. The molecule has 0 saturated carbocycles. The molecular formula is C12H17NO. The van der Waals surface area contributed by atoms with Crippen molar-refractivity contribution in [3.05, 3.63) is 29.8 Å². The van der Waals surface area contributed by atoms with Crippen molar-refractivity contribution in [3.63, 3.8) is 0 Å². The molecule has 1 aromatic rings. The number of anilines is 1. The van der Waals surface area contributed by atoms with Gasteiger partial charge >= 0.3 is 0 Å². The number of hydrogen-bond donors (Lipinski definition) is 0. The highest BCUT2D eigenvalue weighted by atomic mass is 16.6. The van der Waals surface area contributed by atoms with Gasteiger partial charge in [0.1, 0.15) is 6.10 Å². The van der Waals surface area contributed by atoms with Crippen molar-refractivity contribution < 1.29 is 4.74 Å². The van der Waals surface area contributed by atoms with Crippen LogP contribution in [0.2, 0.25) is 0 Å². The van der Waals surface area contributed by atoms with E-state index in [4.69, 9.17) is 4.74 Å². The average molecular weight is 191 g/mol. The summed E-state index contributed by atoms with van der Waals surface area (Å²) in [7, 11) is 0. The Kier molecular flexibility index (Phi) is 2.73. The Morgan fingerprint density at radius 2 is 1.79 bits per heavy atom. The Labute approximate surface area is 85.5 Å². The summed E-state index contributed by atoms with van der Waals surface area (Å²) in [5.41, 5.74) is 2.61. The summed E-state index contributed by atoms with van der Waals surface area (Å²) < 4.78 is 5.23. The Hall–Kier alpha value is -1.02. The van der Waals surface area contributed by atoms with Gasteiger partial charge in [0.25, 0.3) is 0 Å². The Morgan fingerprint density at radius 1 is 1.21 bits per heavy atom. The molecule has 1 aliphatic rings. The fourth-order valence-corrected chi connectivity index (χ4v) is 1.73. The molecular weight excluding hydrogens is 174 g/mol. The maximum absolute atomic E-state index is 5.23. The molecule has 1 aromatic carbocycles. The molecule has 0 spiro atoms. The Morgan fingerprint density at radius 3 is 2.21 bits per heavy atom. The van der Waals surface area contributed by atoms with E-state index in [1.54, 1.807) is 0 Å². The fraction of sp³-hybridized carbons (Fsp3) is 0.500. The zero-order chi connectivity index (χ0) is 9.97. The second-order valence-electron chi connectivity index (χ2n) is 3.59. The van der Waals surface area contributed by atoms with Gasteiger partial charge in [0.05, 0.1) is 6.61 Å². The highest BCUT2D eigenvalue weighted by Crippen LogP contribution is 2.30. The largest absolute Gasteiger partial charge is 0.372 e. The first-order valence-corrected chi connectivity index (χ1v) is 5.31. The van der Waals surface area contributed by atoms with Gasteiger partial charge in [-0.15, -0.1) is 0 Å². The molecule has 0 amide bonds. The monoisotopic (exact) mass is 191 g/mol. The van der Waals surface area contributed by atoms with Gasteiger partial charge in [0.2, 0.25) is 0 Å². The molecule has 76 valence electrons. The molecule has 0 bridgehead atoms. The molecule has 1 atom stereocenters. The first-order valence-electron chi connectivity index (χ1n) is 5.31. The third-order valence-corrected chi connectivity index (χ3v) is 2.73. The first-order chi connectivity index (χ1) is 6.85. The number of hydrogen-bond acceptors (Lipinski definition) is 2. The highest BCUT2D eigenvalue weighted by Gasteiger charge is 2.24. The van der Waals surface area contributed by atoms with Gasteiger partial charge in [-0.1, -0.05) is 12.1 Å².